The van der Waals surface area contributed by atoms with E-state index >= 15 is 0 Å². The highest BCUT2D eigenvalue weighted by Gasteiger charge is 2.31. The molecule has 2 aromatic carbocycles. The van der Waals surface area contributed by atoms with Crippen LogP contribution in [0.25, 0.3) is 0 Å². The number of fused-ring (bicyclic) bond motifs is 1. The average Bonchev–Trinajstić information content (AvgIpc) is 2.60. The summed E-state index contributed by atoms with van der Waals surface area (Å²) in [6.45, 7) is 2.17. The summed E-state index contributed by atoms with van der Waals surface area (Å²) in [5.74, 6) is 0.334. The van der Waals surface area contributed by atoms with Crippen LogP contribution in [0.3, 0.4) is 0 Å². The molecule has 27 heavy (non-hydrogen) atoms. The molecule has 0 bridgehead atoms. The topological polar surface area (TPSA) is 55.8 Å². The third kappa shape index (κ3) is 4.35. The second kappa shape index (κ2) is 7.50. The summed E-state index contributed by atoms with van der Waals surface area (Å²) >= 11 is 0. The molecule has 0 aromatic heterocycles. The first-order valence-corrected chi connectivity index (χ1v) is 8.64. The lowest BCUT2D eigenvalue weighted by atomic mass is 9.90. The van der Waals surface area contributed by atoms with Gasteiger partial charge in [-0.15, -0.1) is 0 Å². The van der Waals surface area contributed by atoms with E-state index in [-0.39, 0.29) is 12.3 Å². The van der Waals surface area contributed by atoms with E-state index in [1.807, 2.05) is 0 Å². The Balaban J connectivity index is 1.85. The average molecular weight is 380 g/mol. The van der Waals surface area contributed by atoms with E-state index in [1.165, 1.54) is 6.07 Å². The molecule has 0 amide bonds. The largest absolute Gasteiger partial charge is 0.493 e. The first-order chi connectivity index (χ1) is 12.8. The van der Waals surface area contributed by atoms with Crippen molar-refractivity contribution in [1.82, 2.24) is 0 Å². The van der Waals surface area contributed by atoms with Gasteiger partial charge in [-0.25, -0.2) is 0 Å². The molecule has 1 atom stereocenters. The highest BCUT2D eigenvalue weighted by Crippen LogP contribution is 2.40. The minimum Gasteiger partial charge on any atom is -0.493 e. The molecule has 3 rings (SSSR count). The van der Waals surface area contributed by atoms with Gasteiger partial charge in [-0.1, -0.05) is 13.0 Å². The normalized spacial score (nSPS) is 16.4. The van der Waals surface area contributed by atoms with E-state index in [0.717, 1.165) is 17.7 Å². The minimum atomic E-state index is -4.40. The highest BCUT2D eigenvalue weighted by atomic mass is 19.4. The second-order valence-electron chi connectivity index (χ2n) is 6.41. The summed E-state index contributed by atoms with van der Waals surface area (Å²) in [4.78, 5) is 11.0. The van der Waals surface area contributed by atoms with E-state index < -0.39 is 17.7 Å². The maximum Gasteiger partial charge on any atom is 0.416 e. The molecule has 0 fully saturated rings. The lowest BCUT2D eigenvalue weighted by molar-refractivity contribution is -0.138. The van der Waals surface area contributed by atoms with Gasteiger partial charge in [-0.3, -0.25) is 4.79 Å². The highest BCUT2D eigenvalue weighted by molar-refractivity contribution is 5.68. The summed E-state index contributed by atoms with van der Waals surface area (Å²) in [7, 11) is 0. The summed E-state index contributed by atoms with van der Waals surface area (Å²) in [5, 5.41) is 9.03. The van der Waals surface area contributed by atoms with E-state index in [9.17, 15) is 18.0 Å². The van der Waals surface area contributed by atoms with E-state index in [1.54, 1.807) is 25.1 Å². The molecule has 1 aliphatic heterocycles. The van der Waals surface area contributed by atoms with Crippen LogP contribution < -0.4 is 9.47 Å². The molecule has 1 aliphatic rings. The van der Waals surface area contributed by atoms with E-state index in [4.69, 9.17) is 14.6 Å². The number of carbonyl (C=O) groups is 1. The zero-order valence-electron chi connectivity index (χ0n) is 14.7. The molecule has 4 nitrogen and oxygen atoms in total. The number of carboxylic acid groups (broad SMARTS) is 1. The van der Waals surface area contributed by atoms with Crippen molar-refractivity contribution in [3.05, 3.63) is 53.1 Å². The van der Waals surface area contributed by atoms with Crippen LogP contribution in [0.5, 0.6) is 17.2 Å². The van der Waals surface area contributed by atoms with Gasteiger partial charge in [0.2, 0.25) is 0 Å². The van der Waals surface area contributed by atoms with Crippen molar-refractivity contribution >= 4 is 5.97 Å². The lowest BCUT2D eigenvalue weighted by Crippen LogP contribution is -2.17. The number of aliphatic carboxylic acids is 1. The molecule has 0 spiro atoms. The summed E-state index contributed by atoms with van der Waals surface area (Å²) < 4.78 is 50.0. The molecule has 0 saturated carbocycles. The number of aryl methyl sites for hydroxylation is 1. The Morgan fingerprint density at radius 3 is 2.70 bits per heavy atom. The fourth-order valence-electron chi connectivity index (χ4n) is 3.19. The van der Waals surface area contributed by atoms with E-state index in [2.05, 4.69) is 0 Å². The molecule has 144 valence electrons. The maximum atomic E-state index is 12.9. The van der Waals surface area contributed by atoms with Crippen LogP contribution in [-0.2, 0) is 17.4 Å². The van der Waals surface area contributed by atoms with Crippen molar-refractivity contribution in [1.29, 1.82) is 0 Å². The van der Waals surface area contributed by atoms with Crippen LogP contribution in [0, 0.1) is 0 Å². The third-order valence-corrected chi connectivity index (χ3v) is 4.57. The van der Waals surface area contributed by atoms with Gasteiger partial charge in [0.05, 0.1) is 18.6 Å². The van der Waals surface area contributed by atoms with Crippen LogP contribution >= 0.6 is 0 Å². The Kier molecular flexibility index (Phi) is 5.30. The minimum absolute atomic E-state index is 0.0233. The Bertz CT molecular complexity index is 846. The number of alkyl halides is 3. The monoisotopic (exact) mass is 380 g/mol. The third-order valence-electron chi connectivity index (χ3n) is 4.57. The van der Waals surface area contributed by atoms with Gasteiger partial charge in [0, 0.05) is 12.0 Å². The summed E-state index contributed by atoms with van der Waals surface area (Å²) in [6, 6.07) is 8.49. The smallest absolute Gasteiger partial charge is 0.416 e. The lowest BCUT2D eigenvalue weighted by Gasteiger charge is -2.25. The maximum absolute atomic E-state index is 12.9. The van der Waals surface area contributed by atoms with Gasteiger partial charge in [0.25, 0.3) is 0 Å². The van der Waals surface area contributed by atoms with Gasteiger partial charge in [-0.05, 0) is 48.2 Å². The molecule has 0 saturated heterocycles. The number of benzene rings is 2. The van der Waals surface area contributed by atoms with Crippen molar-refractivity contribution in [2.45, 2.75) is 38.3 Å². The SMILES string of the molecule is CCc1cc(C(F)(F)F)ccc1Oc1ccc2c(c1)OCC[C@H]2CC(=O)O. The van der Waals surface area contributed by atoms with Gasteiger partial charge in [0.15, 0.2) is 0 Å². The number of halogens is 3. The van der Waals surface area contributed by atoms with Crippen molar-refractivity contribution in [2.24, 2.45) is 0 Å². The quantitative estimate of drug-likeness (QED) is 0.755. The molecular weight excluding hydrogens is 361 g/mol. The van der Waals surface area contributed by atoms with Crippen LogP contribution in [0.2, 0.25) is 0 Å². The van der Waals surface area contributed by atoms with Gasteiger partial charge in [0.1, 0.15) is 17.2 Å². The zero-order valence-corrected chi connectivity index (χ0v) is 14.7. The van der Waals surface area contributed by atoms with Crippen molar-refractivity contribution in [3.63, 3.8) is 0 Å². The van der Waals surface area contributed by atoms with Gasteiger partial charge < -0.3 is 14.6 Å². The second-order valence-corrected chi connectivity index (χ2v) is 6.41. The zero-order chi connectivity index (χ0) is 19.6. The number of ether oxygens (including phenoxy) is 2. The Hall–Kier alpha value is -2.70. The molecule has 2 aromatic rings. The first kappa shape index (κ1) is 19.1. The molecule has 0 unspecified atom stereocenters. The van der Waals surface area contributed by atoms with Crippen LogP contribution in [0.15, 0.2) is 36.4 Å². The summed E-state index contributed by atoms with van der Waals surface area (Å²) in [6.07, 6.45) is -3.36. The van der Waals surface area contributed by atoms with Crippen molar-refractivity contribution in [3.8, 4) is 17.2 Å². The Morgan fingerprint density at radius 1 is 1.26 bits per heavy atom. The van der Waals surface area contributed by atoms with Crippen molar-refractivity contribution in [2.75, 3.05) is 6.61 Å². The van der Waals surface area contributed by atoms with Gasteiger partial charge in [-0.2, -0.15) is 13.2 Å². The number of hydrogen-bond acceptors (Lipinski definition) is 3. The van der Waals surface area contributed by atoms with Crippen LogP contribution in [0.4, 0.5) is 13.2 Å². The Morgan fingerprint density at radius 2 is 2.04 bits per heavy atom. The molecular formula is C20H19F3O4. The fourth-order valence-corrected chi connectivity index (χ4v) is 3.19. The summed E-state index contributed by atoms with van der Waals surface area (Å²) in [5.41, 5.74) is 0.545. The van der Waals surface area contributed by atoms with Crippen LogP contribution in [0.1, 0.15) is 42.4 Å². The van der Waals surface area contributed by atoms with Crippen molar-refractivity contribution < 1.29 is 32.5 Å². The van der Waals surface area contributed by atoms with Gasteiger partial charge >= 0.3 is 12.1 Å². The molecule has 7 heteroatoms. The predicted octanol–water partition coefficient (Wildman–Crippen LogP) is 5.40. The van der Waals surface area contributed by atoms with E-state index in [0.29, 0.717) is 42.3 Å². The fraction of sp³-hybridized carbons (Fsp3) is 0.350. The molecule has 1 heterocycles. The number of hydrogen-bond donors (Lipinski definition) is 1. The standard InChI is InChI=1S/C20H19F3O4/c1-2-12-9-14(20(21,22)23)3-6-17(12)27-15-4-5-16-13(10-19(24)25)7-8-26-18(16)11-15/h3-6,9,11,13H,2,7-8,10H2,1H3,(H,24,25)/t13-/m0/s1. The molecule has 0 aliphatic carbocycles. The Labute approximate surface area is 154 Å². The first-order valence-electron chi connectivity index (χ1n) is 8.64. The predicted molar refractivity (Wildman–Crippen MR) is 92.4 cm³/mol. The molecule has 0 radical (unpaired) electrons. The van der Waals surface area contributed by atoms with Crippen LogP contribution in [-0.4, -0.2) is 17.7 Å². The number of rotatable bonds is 5. The molecule has 1 N–H and O–H groups in total. The number of carboxylic acids is 1.